The maximum atomic E-state index is 12.6. The SMILES string of the molecule is CC/C(C)=C/C(=O)OC1C(O[C@@]2(C)CC[C@@H]3[C@H]([C@@H]4C(C)CC[C@@H]42)C3(C)C)OC(C)C(O)(O)C1O. The molecule has 4 fully saturated rings. The number of carbonyl (C=O) groups is 1. The molecule has 0 spiro atoms. The Kier molecular flexibility index (Phi) is 6.78. The second-order valence-electron chi connectivity index (χ2n) is 12.3. The third kappa shape index (κ3) is 4.26. The second-order valence-corrected chi connectivity index (χ2v) is 12.3. The van der Waals surface area contributed by atoms with Crippen LogP contribution in [0.25, 0.3) is 0 Å². The van der Waals surface area contributed by atoms with Crippen molar-refractivity contribution in [1.29, 1.82) is 0 Å². The molecule has 1 aliphatic heterocycles. The van der Waals surface area contributed by atoms with Crippen LogP contribution >= 0.6 is 0 Å². The van der Waals surface area contributed by atoms with Crippen molar-refractivity contribution in [3.8, 4) is 0 Å². The first kappa shape index (κ1) is 26.1. The number of hydrogen-bond donors (Lipinski definition) is 3. The van der Waals surface area contributed by atoms with E-state index in [1.807, 2.05) is 13.8 Å². The molecule has 7 nitrogen and oxygen atoms in total. The molecule has 3 N–H and O–H groups in total. The highest BCUT2D eigenvalue weighted by Crippen LogP contribution is 2.71. The van der Waals surface area contributed by atoms with Gasteiger partial charge in [-0.2, -0.15) is 0 Å². The van der Waals surface area contributed by atoms with Crippen LogP contribution in [0.5, 0.6) is 0 Å². The van der Waals surface area contributed by atoms with E-state index in [4.69, 9.17) is 14.2 Å². The fourth-order valence-corrected chi connectivity index (χ4v) is 7.38. The van der Waals surface area contributed by atoms with E-state index in [1.54, 1.807) is 0 Å². The minimum Gasteiger partial charge on any atom is -0.451 e. The molecule has 1 heterocycles. The van der Waals surface area contributed by atoms with E-state index in [0.29, 0.717) is 41.4 Å². The summed E-state index contributed by atoms with van der Waals surface area (Å²) in [5, 5.41) is 31.8. The Labute approximate surface area is 203 Å². The molecule has 10 atom stereocenters. The summed E-state index contributed by atoms with van der Waals surface area (Å²) >= 11 is 0. The summed E-state index contributed by atoms with van der Waals surface area (Å²) in [7, 11) is 0. The van der Waals surface area contributed by atoms with Crippen molar-refractivity contribution in [3.05, 3.63) is 11.6 Å². The highest BCUT2D eigenvalue weighted by atomic mass is 16.7. The molecule has 0 aromatic rings. The fraction of sp³-hybridized carbons (Fsp3) is 0.889. The molecule has 0 bridgehead atoms. The van der Waals surface area contributed by atoms with Gasteiger partial charge in [-0.15, -0.1) is 0 Å². The minimum atomic E-state index is -2.56. The molecular formula is C27H44O7. The van der Waals surface area contributed by atoms with E-state index >= 15 is 0 Å². The van der Waals surface area contributed by atoms with E-state index in [9.17, 15) is 20.1 Å². The van der Waals surface area contributed by atoms with Gasteiger partial charge in [-0.25, -0.2) is 4.79 Å². The van der Waals surface area contributed by atoms with Crippen LogP contribution in [0.15, 0.2) is 11.6 Å². The van der Waals surface area contributed by atoms with Gasteiger partial charge in [-0.05, 0) is 81.5 Å². The van der Waals surface area contributed by atoms with Crippen LogP contribution in [0.2, 0.25) is 0 Å². The monoisotopic (exact) mass is 480 g/mol. The molecule has 5 unspecified atom stereocenters. The fourth-order valence-electron chi connectivity index (χ4n) is 7.38. The van der Waals surface area contributed by atoms with E-state index < -0.39 is 42.0 Å². The molecule has 7 heteroatoms. The van der Waals surface area contributed by atoms with Gasteiger partial charge in [0.1, 0.15) is 6.10 Å². The summed E-state index contributed by atoms with van der Waals surface area (Å²) in [5.41, 5.74) is 0.666. The first-order valence-electron chi connectivity index (χ1n) is 13.1. The molecule has 4 aliphatic rings. The lowest BCUT2D eigenvalue weighted by Gasteiger charge is -2.49. The van der Waals surface area contributed by atoms with Crippen molar-refractivity contribution in [2.75, 3.05) is 0 Å². The standard InChI is InChI=1S/C27H44O7/c1-8-14(2)13-19(28)33-22-23(29)27(30,31)16(4)32-24(22)34-26(7)12-11-18-21(25(18,5)6)20-15(3)9-10-17(20)26/h13,15-18,20-24,29-31H,8-12H2,1-7H3/b14-13+/t15?,16?,17-,18+,20+,21+,22?,23?,24?,26-/m0/s1. The van der Waals surface area contributed by atoms with E-state index in [2.05, 4.69) is 27.7 Å². The van der Waals surface area contributed by atoms with Crippen LogP contribution in [0.3, 0.4) is 0 Å². The van der Waals surface area contributed by atoms with Crippen molar-refractivity contribution in [3.63, 3.8) is 0 Å². The maximum absolute atomic E-state index is 12.6. The minimum absolute atomic E-state index is 0.337. The van der Waals surface area contributed by atoms with Gasteiger partial charge in [0, 0.05) is 6.08 Å². The lowest BCUT2D eigenvalue weighted by Crippen LogP contribution is -2.67. The van der Waals surface area contributed by atoms with Crippen LogP contribution in [0, 0.1) is 35.0 Å². The third-order valence-corrected chi connectivity index (χ3v) is 9.86. The van der Waals surface area contributed by atoms with Gasteiger partial charge in [-0.1, -0.05) is 39.7 Å². The van der Waals surface area contributed by atoms with Crippen molar-refractivity contribution in [1.82, 2.24) is 0 Å². The van der Waals surface area contributed by atoms with Crippen molar-refractivity contribution < 1.29 is 34.3 Å². The maximum Gasteiger partial charge on any atom is 0.331 e. The third-order valence-electron chi connectivity index (χ3n) is 9.86. The van der Waals surface area contributed by atoms with Gasteiger partial charge in [0.25, 0.3) is 0 Å². The van der Waals surface area contributed by atoms with Crippen molar-refractivity contribution in [2.24, 2.45) is 35.0 Å². The number of carbonyl (C=O) groups excluding carboxylic acids is 1. The number of aliphatic hydroxyl groups excluding tert-OH is 1. The second kappa shape index (κ2) is 8.84. The Bertz CT molecular complexity index is 820. The summed E-state index contributed by atoms with van der Waals surface area (Å²) in [6, 6.07) is 0. The quantitative estimate of drug-likeness (QED) is 0.314. The zero-order valence-electron chi connectivity index (χ0n) is 21.8. The topological polar surface area (TPSA) is 105 Å². The lowest BCUT2D eigenvalue weighted by atomic mass is 9.74. The molecule has 4 rings (SSSR count). The summed E-state index contributed by atoms with van der Waals surface area (Å²) in [5.74, 6) is -0.332. The summed E-state index contributed by atoms with van der Waals surface area (Å²) in [6.07, 6.45) is 0.848. The molecule has 0 aromatic heterocycles. The molecule has 0 radical (unpaired) electrons. The predicted molar refractivity (Wildman–Crippen MR) is 126 cm³/mol. The van der Waals surface area contributed by atoms with Gasteiger partial charge in [0.2, 0.25) is 5.79 Å². The Hall–Kier alpha value is -0.990. The van der Waals surface area contributed by atoms with Gasteiger partial charge in [-0.3, -0.25) is 0 Å². The van der Waals surface area contributed by atoms with E-state index in [0.717, 1.165) is 31.3 Å². The number of hydrogen-bond acceptors (Lipinski definition) is 7. The molecule has 0 aromatic carbocycles. The molecular weight excluding hydrogens is 436 g/mol. The van der Waals surface area contributed by atoms with Gasteiger partial charge >= 0.3 is 5.97 Å². The van der Waals surface area contributed by atoms with Gasteiger partial charge < -0.3 is 29.5 Å². The van der Waals surface area contributed by atoms with Gasteiger partial charge in [0.15, 0.2) is 18.5 Å². The van der Waals surface area contributed by atoms with Crippen LogP contribution in [0.1, 0.15) is 80.6 Å². The Balaban J connectivity index is 1.60. The van der Waals surface area contributed by atoms with Crippen LogP contribution in [-0.2, 0) is 19.0 Å². The highest BCUT2D eigenvalue weighted by Gasteiger charge is 2.68. The Morgan fingerprint density at radius 1 is 1.12 bits per heavy atom. The van der Waals surface area contributed by atoms with Crippen LogP contribution < -0.4 is 0 Å². The molecule has 34 heavy (non-hydrogen) atoms. The Morgan fingerprint density at radius 3 is 2.44 bits per heavy atom. The first-order valence-corrected chi connectivity index (χ1v) is 13.1. The number of ether oxygens (including phenoxy) is 3. The molecule has 3 aliphatic carbocycles. The molecule has 3 saturated carbocycles. The number of allylic oxidation sites excluding steroid dienone is 1. The summed E-state index contributed by atoms with van der Waals surface area (Å²) in [6.45, 7) is 14.5. The average Bonchev–Trinajstić information content (AvgIpc) is 3.13. The molecule has 194 valence electrons. The lowest BCUT2D eigenvalue weighted by molar-refractivity contribution is -0.393. The smallest absolute Gasteiger partial charge is 0.331 e. The van der Waals surface area contributed by atoms with Gasteiger partial charge in [0.05, 0.1) is 5.60 Å². The summed E-state index contributed by atoms with van der Waals surface area (Å²) in [4.78, 5) is 12.6. The van der Waals surface area contributed by atoms with Crippen molar-refractivity contribution >= 4 is 5.97 Å². The number of esters is 1. The van der Waals surface area contributed by atoms with E-state index in [-0.39, 0.29) is 0 Å². The normalized spacial score (nSPS) is 47.4. The van der Waals surface area contributed by atoms with Crippen LogP contribution in [0.4, 0.5) is 0 Å². The number of aliphatic hydroxyl groups is 3. The zero-order valence-corrected chi connectivity index (χ0v) is 21.8. The largest absolute Gasteiger partial charge is 0.451 e. The Morgan fingerprint density at radius 2 is 1.79 bits per heavy atom. The van der Waals surface area contributed by atoms with Crippen molar-refractivity contribution in [2.45, 2.75) is 117 Å². The number of rotatable bonds is 5. The van der Waals surface area contributed by atoms with Crippen LogP contribution in [-0.4, -0.2) is 57.3 Å². The first-order chi connectivity index (χ1) is 15.7. The highest BCUT2D eigenvalue weighted by molar-refractivity contribution is 5.82. The molecule has 1 saturated heterocycles. The van der Waals surface area contributed by atoms with E-state index in [1.165, 1.54) is 13.0 Å². The summed E-state index contributed by atoms with van der Waals surface area (Å²) < 4.78 is 18.1. The number of fused-ring (bicyclic) bond motifs is 3. The molecule has 0 amide bonds. The predicted octanol–water partition coefficient (Wildman–Crippen LogP) is 3.54. The zero-order chi connectivity index (χ0) is 25.2. The average molecular weight is 481 g/mol.